The van der Waals surface area contributed by atoms with Crippen LogP contribution < -0.4 is 19.7 Å². The zero-order valence-electron chi connectivity index (χ0n) is 16.3. The van der Waals surface area contributed by atoms with Crippen molar-refractivity contribution in [2.75, 3.05) is 30.5 Å². The Morgan fingerprint density at radius 1 is 1.25 bits per heavy atom. The fourth-order valence-electron chi connectivity index (χ4n) is 2.93. The minimum absolute atomic E-state index is 0.0459. The third-order valence-corrected chi connectivity index (χ3v) is 4.80. The maximum absolute atomic E-state index is 12.5. The third kappa shape index (κ3) is 4.22. The largest absolute Gasteiger partial charge is 0.495 e. The summed E-state index contributed by atoms with van der Waals surface area (Å²) in [5, 5.41) is 3.15. The number of hydrogen-bond acceptors (Lipinski definition) is 4. The SMILES string of the molecule is COc1ccc(NC(=O)CN2C(=O)COc3cc(C(C)(C)C)ccc32)cc1Cl. The highest BCUT2D eigenvalue weighted by Crippen LogP contribution is 2.36. The summed E-state index contributed by atoms with van der Waals surface area (Å²) in [5.41, 5.74) is 2.17. The molecule has 1 aliphatic heterocycles. The quantitative estimate of drug-likeness (QED) is 0.839. The van der Waals surface area contributed by atoms with Gasteiger partial charge in [0.1, 0.15) is 18.0 Å². The Morgan fingerprint density at radius 3 is 2.64 bits per heavy atom. The molecule has 0 fully saturated rings. The Morgan fingerprint density at radius 2 is 2.00 bits per heavy atom. The number of anilines is 2. The Balaban J connectivity index is 1.78. The highest BCUT2D eigenvalue weighted by atomic mass is 35.5. The monoisotopic (exact) mass is 402 g/mol. The molecule has 6 nitrogen and oxygen atoms in total. The fourth-order valence-corrected chi connectivity index (χ4v) is 3.19. The van der Waals surface area contributed by atoms with E-state index in [0.717, 1.165) is 5.56 Å². The second-order valence-electron chi connectivity index (χ2n) is 7.60. The topological polar surface area (TPSA) is 67.9 Å². The Bertz CT molecular complexity index is 921. The summed E-state index contributed by atoms with van der Waals surface area (Å²) in [6.45, 7) is 6.10. The summed E-state index contributed by atoms with van der Waals surface area (Å²) in [6.07, 6.45) is 0. The number of hydrogen-bond donors (Lipinski definition) is 1. The number of nitrogens with one attached hydrogen (secondary N) is 1. The molecule has 2 aromatic rings. The fraction of sp³-hybridized carbons (Fsp3) is 0.333. The van der Waals surface area contributed by atoms with Gasteiger partial charge in [0.15, 0.2) is 6.61 Å². The van der Waals surface area contributed by atoms with Crippen molar-refractivity contribution >= 4 is 34.8 Å². The molecule has 0 atom stereocenters. The van der Waals surface area contributed by atoms with Gasteiger partial charge in [-0.1, -0.05) is 38.4 Å². The highest BCUT2D eigenvalue weighted by molar-refractivity contribution is 6.32. The Kier molecular flexibility index (Phi) is 5.52. The lowest BCUT2D eigenvalue weighted by atomic mass is 9.86. The summed E-state index contributed by atoms with van der Waals surface area (Å²) in [7, 11) is 1.52. The van der Waals surface area contributed by atoms with Gasteiger partial charge < -0.3 is 14.8 Å². The van der Waals surface area contributed by atoms with Crippen molar-refractivity contribution in [3.8, 4) is 11.5 Å². The average molecular weight is 403 g/mol. The van der Waals surface area contributed by atoms with Crippen LogP contribution in [0.4, 0.5) is 11.4 Å². The van der Waals surface area contributed by atoms with Crippen molar-refractivity contribution in [2.45, 2.75) is 26.2 Å². The van der Waals surface area contributed by atoms with Crippen LogP contribution in [0.2, 0.25) is 5.02 Å². The minimum Gasteiger partial charge on any atom is -0.495 e. The predicted octanol–water partition coefficient (Wildman–Crippen LogP) is 4.01. The van der Waals surface area contributed by atoms with Crippen molar-refractivity contribution in [2.24, 2.45) is 0 Å². The van der Waals surface area contributed by atoms with Gasteiger partial charge in [0.05, 0.1) is 17.8 Å². The van der Waals surface area contributed by atoms with E-state index in [4.69, 9.17) is 21.1 Å². The molecule has 1 N–H and O–H groups in total. The molecular weight excluding hydrogens is 380 g/mol. The van der Waals surface area contributed by atoms with Crippen molar-refractivity contribution in [1.29, 1.82) is 0 Å². The molecule has 3 rings (SSSR count). The number of carbonyl (C=O) groups is 2. The first-order chi connectivity index (χ1) is 13.2. The first-order valence-corrected chi connectivity index (χ1v) is 9.28. The lowest BCUT2D eigenvalue weighted by Crippen LogP contribution is -2.43. The second kappa shape index (κ2) is 7.72. The second-order valence-corrected chi connectivity index (χ2v) is 8.01. The summed E-state index contributed by atoms with van der Waals surface area (Å²) in [6, 6.07) is 10.7. The molecule has 28 heavy (non-hydrogen) atoms. The number of halogens is 1. The smallest absolute Gasteiger partial charge is 0.265 e. The van der Waals surface area contributed by atoms with Gasteiger partial charge in [0, 0.05) is 5.69 Å². The zero-order chi connectivity index (χ0) is 20.5. The molecule has 0 bridgehead atoms. The average Bonchev–Trinajstić information content (AvgIpc) is 2.63. The van der Waals surface area contributed by atoms with Crippen LogP contribution >= 0.6 is 11.6 Å². The van der Waals surface area contributed by atoms with E-state index in [1.165, 1.54) is 12.0 Å². The molecule has 148 valence electrons. The number of rotatable bonds is 4. The molecular formula is C21H23ClN2O4. The van der Waals surface area contributed by atoms with E-state index in [1.54, 1.807) is 18.2 Å². The number of nitrogens with zero attached hydrogens (tertiary/aromatic N) is 1. The molecule has 0 aliphatic carbocycles. The standard InChI is InChI=1S/C21H23ClN2O4/c1-21(2,3)13-5-7-16-18(9-13)28-12-20(26)24(16)11-19(25)23-14-6-8-17(27-4)15(22)10-14/h5-10H,11-12H2,1-4H3,(H,23,25). The van der Waals surface area contributed by atoms with Gasteiger partial charge in [-0.3, -0.25) is 14.5 Å². The molecule has 0 unspecified atom stereocenters. The van der Waals surface area contributed by atoms with E-state index in [9.17, 15) is 9.59 Å². The Labute approximate surface area is 169 Å². The van der Waals surface area contributed by atoms with Crippen LogP contribution in [-0.4, -0.2) is 32.1 Å². The van der Waals surface area contributed by atoms with Crippen LogP contribution in [0, 0.1) is 0 Å². The molecule has 1 aliphatic rings. The van der Waals surface area contributed by atoms with Gasteiger partial charge >= 0.3 is 0 Å². The normalized spacial score (nSPS) is 13.6. The molecule has 0 spiro atoms. The van der Waals surface area contributed by atoms with Crippen LogP contribution in [0.1, 0.15) is 26.3 Å². The van der Waals surface area contributed by atoms with Crippen molar-refractivity contribution in [1.82, 2.24) is 0 Å². The van der Waals surface area contributed by atoms with E-state index in [-0.39, 0.29) is 30.4 Å². The zero-order valence-corrected chi connectivity index (χ0v) is 17.1. The Hall–Kier alpha value is -2.73. The van der Waals surface area contributed by atoms with Crippen LogP contribution in [0.15, 0.2) is 36.4 Å². The number of carbonyl (C=O) groups excluding carboxylic acids is 2. The molecule has 0 saturated heterocycles. The molecule has 2 amide bonds. The van der Waals surface area contributed by atoms with Crippen molar-refractivity contribution < 1.29 is 19.1 Å². The summed E-state index contributed by atoms with van der Waals surface area (Å²) >= 11 is 6.09. The first kappa shape index (κ1) is 20.0. The maximum atomic E-state index is 12.5. The van der Waals surface area contributed by atoms with Crippen molar-refractivity contribution in [3.05, 3.63) is 47.0 Å². The lowest BCUT2D eigenvalue weighted by molar-refractivity contribution is -0.123. The summed E-state index contributed by atoms with van der Waals surface area (Å²) in [5.74, 6) is 0.528. The number of amides is 2. The molecule has 1 heterocycles. The molecule has 2 aromatic carbocycles. The van der Waals surface area contributed by atoms with E-state index in [0.29, 0.717) is 27.9 Å². The van der Waals surface area contributed by atoms with Gasteiger partial charge in [0.2, 0.25) is 5.91 Å². The third-order valence-electron chi connectivity index (χ3n) is 4.51. The van der Waals surface area contributed by atoms with E-state index >= 15 is 0 Å². The maximum Gasteiger partial charge on any atom is 0.265 e. The summed E-state index contributed by atoms with van der Waals surface area (Å²) in [4.78, 5) is 26.3. The van der Waals surface area contributed by atoms with Gasteiger partial charge in [-0.15, -0.1) is 0 Å². The number of ether oxygens (including phenoxy) is 2. The van der Waals surface area contributed by atoms with Crippen molar-refractivity contribution in [3.63, 3.8) is 0 Å². The van der Waals surface area contributed by atoms with E-state index in [2.05, 4.69) is 26.1 Å². The molecule has 0 aromatic heterocycles. The van der Waals surface area contributed by atoms with Gasteiger partial charge in [0.25, 0.3) is 5.91 Å². The van der Waals surface area contributed by atoms with Crippen LogP contribution in [0.3, 0.4) is 0 Å². The van der Waals surface area contributed by atoms with E-state index in [1.807, 2.05) is 18.2 Å². The number of fused-ring (bicyclic) bond motifs is 1. The molecule has 7 heteroatoms. The highest BCUT2D eigenvalue weighted by Gasteiger charge is 2.28. The van der Waals surface area contributed by atoms with Crippen LogP contribution in [0.5, 0.6) is 11.5 Å². The first-order valence-electron chi connectivity index (χ1n) is 8.90. The van der Waals surface area contributed by atoms with E-state index < -0.39 is 0 Å². The molecule has 0 radical (unpaired) electrons. The summed E-state index contributed by atoms with van der Waals surface area (Å²) < 4.78 is 10.7. The van der Waals surface area contributed by atoms with Crippen LogP contribution in [-0.2, 0) is 15.0 Å². The number of benzene rings is 2. The predicted molar refractivity (Wildman–Crippen MR) is 110 cm³/mol. The lowest BCUT2D eigenvalue weighted by Gasteiger charge is -2.30. The molecule has 0 saturated carbocycles. The minimum atomic E-state index is -0.331. The van der Waals surface area contributed by atoms with Gasteiger partial charge in [-0.25, -0.2) is 0 Å². The number of methoxy groups -OCH3 is 1. The van der Waals surface area contributed by atoms with Crippen LogP contribution in [0.25, 0.3) is 0 Å². The van der Waals surface area contributed by atoms with Gasteiger partial charge in [-0.2, -0.15) is 0 Å². The van der Waals surface area contributed by atoms with Gasteiger partial charge in [-0.05, 0) is 41.3 Å².